The molecule has 1 fully saturated rings. The molecule has 1 aliphatic carbocycles. The molecule has 0 aliphatic heterocycles. The van der Waals surface area contributed by atoms with Gasteiger partial charge in [-0.3, -0.25) is 0 Å². The SMILES string of the molecule is C[C@@H]1C[C@@]1(C#N)c1ccc(Br)cc1. The van der Waals surface area contributed by atoms with Crippen molar-refractivity contribution in [2.45, 2.75) is 18.8 Å². The summed E-state index contributed by atoms with van der Waals surface area (Å²) in [6, 6.07) is 10.5. The van der Waals surface area contributed by atoms with Gasteiger partial charge in [-0.05, 0) is 30.0 Å². The van der Waals surface area contributed by atoms with Crippen molar-refractivity contribution in [3.8, 4) is 6.07 Å². The predicted molar refractivity (Wildman–Crippen MR) is 55.2 cm³/mol. The van der Waals surface area contributed by atoms with Crippen molar-refractivity contribution >= 4 is 15.9 Å². The summed E-state index contributed by atoms with van der Waals surface area (Å²) in [7, 11) is 0. The van der Waals surface area contributed by atoms with Crippen molar-refractivity contribution in [3.05, 3.63) is 34.3 Å². The van der Waals surface area contributed by atoms with Crippen molar-refractivity contribution in [1.29, 1.82) is 5.26 Å². The van der Waals surface area contributed by atoms with Gasteiger partial charge >= 0.3 is 0 Å². The van der Waals surface area contributed by atoms with Crippen LogP contribution in [0.15, 0.2) is 28.7 Å². The van der Waals surface area contributed by atoms with Gasteiger partial charge in [0.15, 0.2) is 0 Å². The Hall–Kier alpha value is -0.810. The summed E-state index contributed by atoms with van der Waals surface area (Å²) in [6.45, 7) is 2.13. The highest BCUT2D eigenvalue weighted by Gasteiger charge is 2.53. The lowest BCUT2D eigenvalue weighted by Gasteiger charge is -2.06. The fraction of sp³-hybridized carbons (Fsp3) is 0.364. The monoisotopic (exact) mass is 235 g/mol. The summed E-state index contributed by atoms with van der Waals surface area (Å²) in [5.41, 5.74) is 0.978. The van der Waals surface area contributed by atoms with Gasteiger partial charge < -0.3 is 0 Å². The molecular formula is C11H10BrN. The van der Waals surface area contributed by atoms with E-state index in [1.54, 1.807) is 0 Å². The van der Waals surface area contributed by atoms with E-state index in [0.29, 0.717) is 5.92 Å². The fourth-order valence-corrected chi connectivity index (χ4v) is 2.06. The van der Waals surface area contributed by atoms with E-state index < -0.39 is 0 Å². The molecule has 1 saturated carbocycles. The second-order valence-electron chi connectivity index (χ2n) is 3.70. The maximum absolute atomic E-state index is 9.09. The molecule has 0 saturated heterocycles. The average molecular weight is 236 g/mol. The predicted octanol–water partition coefficient (Wildman–Crippen LogP) is 3.25. The van der Waals surface area contributed by atoms with E-state index in [9.17, 15) is 0 Å². The van der Waals surface area contributed by atoms with Crippen LogP contribution in [0, 0.1) is 17.2 Å². The molecule has 2 rings (SSSR count). The number of halogens is 1. The highest BCUT2D eigenvalue weighted by Crippen LogP contribution is 2.53. The average Bonchev–Trinajstić information content (AvgIpc) is 2.79. The molecule has 1 aliphatic rings. The normalized spacial score (nSPS) is 31.0. The summed E-state index contributed by atoms with van der Waals surface area (Å²) >= 11 is 3.39. The Morgan fingerprint density at radius 1 is 1.46 bits per heavy atom. The minimum Gasteiger partial charge on any atom is -0.197 e. The van der Waals surface area contributed by atoms with E-state index >= 15 is 0 Å². The minimum absolute atomic E-state index is 0.180. The van der Waals surface area contributed by atoms with Crippen LogP contribution in [-0.2, 0) is 5.41 Å². The molecule has 66 valence electrons. The van der Waals surface area contributed by atoms with Crippen LogP contribution >= 0.6 is 15.9 Å². The number of hydrogen-bond donors (Lipinski definition) is 0. The van der Waals surface area contributed by atoms with E-state index in [1.807, 2.05) is 24.3 Å². The Morgan fingerprint density at radius 2 is 2.00 bits per heavy atom. The molecule has 1 aromatic rings. The zero-order valence-corrected chi connectivity index (χ0v) is 9.01. The van der Waals surface area contributed by atoms with Gasteiger partial charge in [-0.2, -0.15) is 5.26 Å². The molecule has 0 unspecified atom stereocenters. The Balaban J connectivity index is 2.38. The zero-order valence-electron chi connectivity index (χ0n) is 7.42. The first-order valence-electron chi connectivity index (χ1n) is 4.36. The molecule has 2 heteroatoms. The van der Waals surface area contributed by atoms with Crippen molar-refractivity contribution in [1.82, 2.24) is 0 Å². The first-order chi connectivity index (χ1) is 6.19. The number of nitrogens with zero attached hydrogens (tertiary/aromatic N) is 1. The van der Waals surface area contributed by atoms with Gasteiger partial charge in [0.05, 0.1) is 11.5 Å². The zero-order chi connectivity index (χ0) is 9.47. The lowest BCUT2D eigenvalue weighted by atomic mass is 9.95. The summed E-state index contributed by atoms with van der Waals surface area (Å²) in [5.74, 6) is 0.513. The molecule has 2 atom stereocenters. The van der Waals surface area contributed by atoms with Gasteiger partial charge in [0, 0.05) is 4.47 Å². The minimum atomic E-state index is -0.180. The summed E-state index contributed by atoms with van der Waals surface area (Å²) in [6.07, 6.45) is 1.01. The fourth-order valence-electron chi connectivity index (χ4n) is 1.79. The summed E-state index contributed by atoms with van der Waals surface area (Å²) in [4.78, 5) is 0. The highest BCUT2D eigenvalue weighted by molar-refractivity contribution is 9.10. The van der Waals surface area contributed by atoms with Gasteiger partial charge in [0.1, 0.15) is 0 Å². The van der Waals surface area contributed by atoms with Crippen LogP contribution in [0.25, 0.3) is 0 Å². The Morgan fingerprint density at radius 3 is 2.38 bits per heavy atom. The molecule has 0 N–H and O–H groups in total. The van der Waals surface area contributed by atoms with Crippen LogP contribution in [0.1, 0.15) is 18.9 Å². The van der Waals surface area contributed by atoms with Gasteiger partial charge in [-0.15, -0.1) is 0 Å². The van der Waals surface area contributed by atoms with E-state index in [4.69, 9.17) is 5.26 Å². The van der Waals surface area contributed by atoms with Crippen molar-refractivity contribution in [2.75, 3.05) is 0 Å². The highest BCUT2D eigenvalue weighted by atomic mass is 79.9. The molecule has 0 amide bonds. The third-order valence-corrected chi connectivity index (χ3v) is 3.40. The largest absolute Gasteiger partial charge is 0.197 e. The lowest BCUT2D eigenvalue weighted by molar-refractivity contribution is 0.791. The standard InChI is InChI=1S/C11H10BrN/c1-8-6-11(8,7-13)9-2-4-10(12)5-3-9/h2-5,8H,6H2,1H3/t8-,11+/m1/s1. The van der Waals surface area contributed by atoms with E-state index in [1.165, 1.54) is 0 Å². The van der Waals surface area contributed by atoms with Gasteiger partial charge in [-0.1, -0.05) is 35.0 Å². The summed E-state index contributed by atoms with van der Waals surface area (Å²) < 4.78 is 1.07. The first-order valence-corrected chi connectivity index (χ1v) is 5.15. The number of benzene rings is 1. The van der Waals surface area contributed by atoms with Crippen molar-refractivity contribution in [3.63, 3.8) is 0 Å². The van der Waals surface area contributed by atoms with E-state index in [-0.39, 0.29) is 5.41 Å². The second kappa shape index (κ2) is 2.85. The molecular weight excluding hydrogens is 226 g/mol. The summed E-state index contributed by atoms with van der Waals surface area (Å²) in [5, 5.41) is 9.09. The number of nitriles is 1. The molecule has 0 aromatic heterocycles. The van der Waals surface area contributed by atoms with Crippen LogP contribution in [0.4, 0.5) is 0 Å². The molecule has 0 heterocycles. The van der Waals surface area contributed by atoms with Crippen LogP contribution in [-0.4, -0.2) is 0 Å². The first kappa shape index (κ1) is 8.77. The third-order valence-electron chi connectivity index (χ3n) is 2.87. The van der Waals surface area contributed by atoms with E-state index in [0.717, 1.165) is 16.5 Å². The maximum Gasteiger partial charge on any atom is 0.0851 e. The second-order valence-corrected chi connectivity index (χ2v) is 4.61. The molecule has 13 heavy (non-hydrogen) atoms. The molecule has 0 spiro atoms. The Bertz CT molecular complexity index is 363. The van der Waals surface area contributed by atoms with Gasteiger partial charge in [-0.25, -0.2) is 0 Å². The quantitative estimate of drug-likeness (QED) is 0.734. The maximum atomic E-state index is 9.09. The third kappa shape index (κ3) is 1.28. The van der Waals surface area contributed by atoms with Crippen molar-refractivity contribution < 1.29 is 0 Å². The topological polar surface area (TPSA) is 23.8 Å². The molecule has 0 bridgehead atoms. The number of hydrogen-bond acceptors (Lipinski definition) is 1. The lowest BCUT2D eigenvalue weighted by Crippen LogP contribution is -2.04. The van der Waals surface area contributed by atoms with E-state index in [2.05, 4.69) is 28.9 Å². The smallest absolute Gasteiger partial charge is 0.0851 e. The van der Waals surface area contributed by atoms with Crippen molar-refractivity contribution in [2.24, 2.45) is 5.92 Å². The number of rotatable bonds is 1. The van der Waals surface area contributed by atoms with Crippen LogP contribution in [0.3, 0.4) is 0 Å². The molecule has 1 nitrogen and oxygen atoms in total. The molecule has 0 radical (unpaired) electrons. The van der Waals surface area contributed by atoms with Gasteiger partial charge in [0.2, 0.25) is 0 Å². The van der Waals surface area contributed by atoms with Crippen LogP contribution < -0.4 is 0 Å². The van der Waals surface area contributed by atoms with Gasteiger partial charge in [0.25, 0.3) is 0 Å². The Labute approximate surface area is 86.5 Å². The Kier molecular flexibility index (Phi) is 1.92. The van der Waals surface area contributed by atoms with Crippen LogP contribution in [0.2, 0.25) is 0 Å². The van der Waals surface area contributed by atoms with Crippen LogP contribution in [0.5, 0.6) is 0 Å². The molecule has 1 aromatic carbocycles.